The summed E-state index contributed by atoms with van der Waals surface area (Å²) in [6.45, 7) is 8.43. The van der Waals surface area contributed by atoms with E-state index in [0.29, 0.717) is 41.6 Å². The van der Waals surface area contributed by atoms with E-state index in [1.165, 1.54) is 9.80 Å². The molecular weight excluding hydrogens is 446 g/mol. The van der Waals surface area contributed by atoms with Gasteiger partial charge in [0.05, 0.1) is 37.1 Å². The molecule has 4 amide bonds. The Balaban J connectivity index is 1.45. The topological polar surface area (TPSA) is 94.2 Å². The van der Waals surface area contributed by atoms with E-state index in [2.05, 4.69) is 22.1 Å². The van der Waals surface area contributed by atoms with E-state index in [9.17, 15) is 14.4 Å². The molecule has 33 heavy (non-hydrogen) atoms. The standard InChI is InChI=1S/C23H28ClN5O4/c1-2-7-29-18-14-28(15-19(30)25-6-8-27-9-11-33-12-10-27)22(31)20(18)21(26-23(29)32)16-4-3-5-17(24)13-16/h2-5,13,21H,1,6-12,14-15H2,(H,25,30)(H,26,32)/t21-/m1/s1. The molecule has 1 atom stereocenters. The second kappa shape index (κ2) is 10.4. The van der Waals surface area contributed by atoms with Gasteiger partial charge in [-0.15, -0.1) is 6.58 Å². The molecule has 1 aromatic carbocycles. The van der Waals surface area contributed by atoms with Crippen molar-refractivity contribution in [3.63, 3.8) is 0 Å². The smallest absolute Gasteiger partial charge is 0.322 e. The van der Waals surface area contributed by atoms with Crippen molar-refractivity contribution in [1.82, 2.24) is 25.3 Å². The molecule has 0 spiro atoms. The molecule has 3 aliphatic heterocycles. The summed E-state index contributed by atoms with van der Waals surface area (Å²) in [5.74, 6) is -0.502. The molecule has 0 radical (unpaired) electrons. The van der Waals surface area contributed by atoms with E-state index in [1.54, 1.807) is 24.3 Å². The number of carbonyl (C=O) groups excluding carboxylic acids is 3. The minimum Gasteiger partial charge on any atom is -0.379 e. The SMILES string of the molecule is C=CCN1C(=O)N[C@H](c2cccc(Cl)c2)C2=C1CN(CC(=O)NCCN1CCOCC1)C2=O. The average molecular weight is 474 g/mol. The molecule has 3 aliphatic rings. The molecule has 0 aliphatic carbocycles. The Morgan fingerprint density at radius 2 is 2.09 bits per heavy atom. The third kappa shape index (κ3) is 5.21. The highest BCUT2D eigenvalue weighted by molar-refractivity contribution is 6.30. The highest BCUT2D eigenvalue weighted by atomic mass is 35.5. The van der Waals surface area contributed by atoms with E-state index < -0.39 is 6.04 Å². The van der Waals surface area contributed by atoms with Crippen LogP contribution in [0.15, 0.2) is 48.2 Å². The summed E-state index contributed by atoms with van der Waals surface area (Å²) < 4.78 is 5.33. The second-order valence-corrected chi connectivity index (χ2v) is 8.60. The van der Waals surface area contributed by atoms with Crippen molar-refractivity contribution >= 4 is 29.4 Å². The molecule has 10 heteroatoms. The number of urea groups is 1. The van der Waals surface area contributed by atoms with E-state index in [4.69, 9.17) is 16.3 Å². The van der Waals surface area contributed by atoms with Crippen molar-refractivity contribution in [3.8, 4) is 0 Å². The van der Waals surface area contributed by atoms with E-state index >= 15 is 0 Å². The third-order valence-corrected chi connectivity index (χ3v) is 6.21. The van der Waals surface area contributed by atoms with Crippen LogP contribution in [0, 0.1) is 0 Å². The normalized spacial score (nSPS) is 21.2. The molecule has 0 aromatic heterocycles. The van der Waals surface area contributed by atoms with Gasteiger partial charge in [-0.05, 0) is 17.7 Å². The minimum absolute atomic E-state index is 0.0761. The van der Waals surface area contributed by atoms with Crippen molar-refractivity contribution in [3.05, 3.63) is 58.8 Å². The van der Waals surface area contributed by atoms with Gasteiger partial charge < -0.3 is 20.3 Å². The van der Waals surface area contributed by atoms with Crippen molar-refractivity contribution in [2.24, 2.45) is 0 Å². The molecule has 1 aromatic rings. The first-order valence-corrected chi connectivity index (χ1v) is 11.4. The van der Waals surface area contributed by atoms with Gasteiger partial charge in [0.2, 0.25) is 5.91 Å². The summed E-state index contributed by atoms with van der Waals surface area (Å²) in [4.78, 5) is 43.9. The zero-order valence-corrected chi connectivity index (χ0v) is 19.1. The Morgan fingerprint density at radius 1 is 1.30 bits per heavy atom. The van der Waals surface area contributed by atoms with Crippen LogP contribution in [0.2, 0.25) is 5.02 Å². The predicted octanol–water partition coefficient (Wildman–Crippen LogP) is 1.14. The Hall–Kier alpha value is -2.88. The Labute approximate surface area is 198 Å². The number of nitrogens with zero attached hydrogens (tertiary/aromatic N) is 3. The fourth-order valence-corrected chi connectivity index (χ4v) is 4.54. The summed E-state index contributed by atoms with van der Waals surface area (Å²) in [6, 6.07) is 6.11. The lowest BCUT2D eigenvalue weighted by molar-refractivity contribution is -0.131. The minimum atomic E-state index is -0.630. The molecule has 0 saturated carbocycles. The zero-order valence-electron chi connectivity index (χ0n) is 18.4. The quantitative estimate of drug-likeness (QED) is 0.552. The van der Waals surface area contributed by atoms with Crippen LogP contribution in [0.3, 0.4) is 0 Å². The summed E-state index contributed by atoms with van der Waals surface area (Å²) in [7, 11) is 0. The number of halogens is 1. The fraction of sp³-hybridized carbons (Fsp3) is 0.435. The van der Waals surface area contributed by atoms with Crippen LogP contribution in [0.1, 0.15) is 11.6 Å². The Kier molecular flexibility index (Phi) is 7.32. The van der Waals surface area contributed by atoms with Gasteiger partial charge >= 0.3 is 6.03 Å². The number of rotatable bonds is 8. The van der Waals surface area contributed by atoms with Crippen LogP contribution < -0.4 is 10.6 Å². The highest BCUT2D eigenvalue weighted by Crippen LogP contribution is 2.36. The molecule has 3 heterocycles. The third-order valence-electron chi connectivity index (χ3n) is 5.98. The predicted molar refractivity (Wildman–Crippen MR) is 124 cm³/mol. The van der Waals surface area contributed by atoms with Crippen LogP contribution in [0.25, 0.3) is 0 Å². The zero-order chi connectivity index (χ0) is 23.4. The van der Waals surface area contributed by atoms with E-state index in [-0.39, 0.29) is 37.5 Å². The van der Waals surface area contributed by atoms with Gasteiger partial charge in [0.1, 0.15) is 6.54 Å². The van der Waals surface area contributed by atoms with Crippen molar-refractivity contribution < 1.29 is 19.1 Å². The summed E-state index contributed by atoms with van der Waals surface area (Å²) in [5, 5.41) is 6.30. The average Bonchev–Trinajstić information content (AvgIpc) is 3.12. The number of ether oxygens (including phenoxy) is 1. The van der Waals surface area contributed by atoms with E-state index in [1.807, 2.05) is 6.07 Å². The number of amides is 4. The first-order chi connectivity index (χ1) is 16.0. The van der Waals surface area contributed by atoms with Crippen LogP contribution >= 0.6 is 11.6 Å². The largest absolute Gasteiger partial charge is 0.379 e. The molecule has 1 saturated heterocycles. The van der Waals surface area contributed by atoms with Crippen LogP contribution in [0.4, 0.5) is 4.79 Å². The summed E-state index contributed by atoms with van der Waals surface area (Å²) in [5.41, 5.74) is 1.77. The van der Waals surface area contributed by atoms with Crippen LogP contribution in [-0.4, -0.2) is 91.6 Å². The molecule has 9 nitrogen and oxygen atoms in total. The van der Waals surface area contributed by atoms with Crippen LogP contribution in [-0.2, 0) is 14.3 Å². The van der Waals surface area contributed by atoms with Gasteiger partial charge in [-0.25, -0.2) is 4.79 Å². The maximum absolute atomic E-state index is 13.4. The highest BCUT2D eigenvalue weighted by Gasteiger charge is 2.44. The summed E-state index contributed by atoms with van der Waals surface area (Å²) >= 11 is 6.15. The molecule has 2 N–H and O–H groups in total. The monoisotopic (exact) mass is 473 g/mol. The Bertz CT molecular complexity index is 975. The first-order valence-electron chi connectivity index (χ1n) is 11.0. The number of benzene rings is 1. The van der Waals surface area contributed by atoms with Gasteiger partial charge in [-0.2, -0.15) is 0 Å². The van der Waals surface area contributed by atoms with Gasteiger partial charge in [-0.3, -0.25) is 19.4 Å². The molecule has 4 rings (SSSR count). The van der Waals surface area contributed by atoms with Gasteiger partial charge in [0, 0.05) is 37.7 Å². The molecule has 176 valence electrons. The maximum atomic E-state index is 13.4. The maximum Gasteiger partial charge on any atom is 0.322 e. The lowest BCUT2D eigenvalue weighted by Crippen LogP contribution is -2.47. The Morgan fingerprint density at radius 3 is 2.82 bits per heavy atom. The number of morpholine rings is 1. The van der Waals surface area contributed by atoms with Crippen molar-refractivity contribution in [2.45, 2.75) is 6.04 Å². The van der Waals surface area contributed by atoms with Gasteiger partial charge in [0.25, 0.3) is 5.91 Å². The number of hydrogen-bond acceptors (Lipinski definition) is 5. The van der Waals surface area contributed by atoms with Gasteiger partial charge in [0.15, 0.2) is 0 Å². The molecular formula is C23H28ClN5O4. The van der Waals surface area contributed by atoms with Crippen molar-refractivity contribution in [1.29, 1.82) is 0 Å². The number of carbonyl (C=O) groups is 3. The fourth-order valence-electron chi connectivity index (χ4n) is 4.34. The molecule has 1 fully saturated rings. The number of nitrogens with one attached hydrogen (secondary N) is 2. The lowest BCUT2D eigenvalue weighted by atomic mass is 9.95. The first kappa shape index (κ1) is 23.3. The lowest BCUT2D eigenvalue weighted by Gasteiger charge is -2.33. The molecule has 0 unspecified atom stereocenters. The van der Waals surface area contributed by atoms with E-state index in [0.717, 1.165) is 19.6 Å². The summed E-state index contributed by atoms with van der Waals surface area (Å²) in [6.07, 6.45) is 1.61. The van der Waals surface area contributed by atoms with Crippen molar-refractivity contribution in [2.75, 3.05) is 59.0 Å². The van der Waals surface area contributed by atoms with Gasteiger partial charge in [-0.1, -0.05) is 29.8 Å². The second-order valence-electron chi connectivity index (χ2n) is 8.16. The van der Waals surface area contributed by atoms with Crippen LogP contribution in [0.5, 0.6) is 0 Å². The number of hydrogen-bond donors (Lipinski definition) is 2. The molecule has 0 bridgehead atoms.